The van der Waals surface area contributed by atoms with Crippen molar-refractivity contribution < 1.29 is 32.5 Å². The Morgan fingerprint density at radius 3 is 2.49 bits per heavy atom. The van der Waals surface area contributed by atoms with Gasteiger partial charge in [-0.05, 0) is 60.5 Å². The molecule has 2 aromatic heterocycles. The van der Waals surface area contributed by atoms with Crippen molar-refractivity contribution >= 4 is 17.0 Å². The Kier molecular flexibility index (Phi) is 8.02. The number of imidazole rings is 1. The molecule has 41 heavy (non-hydrogen) atoms. The minimum Gasteiger partial charge on any atom is -0.478 e. The number of fused-ring (bicyclic) bond motifs is 1. The molecule has 0 fully saturated rings. The van der Waals surface area contributed by atoms with Crippen molar-refractivity contribution in [1.29, 1.82) is 0 Å². The van der Waals surface area contributed by atoms with Crippen LogP contribution in [-0.4, -0.2) is 39.3 Å². The van der Waals surface area contributed by atoms with Gasteiger partial charge in [-0.1, -0.05) is 18.2 Å². The van der Waals surface area contributed by atoms with Crippen LogP contribution in [0.4, 0.5) is 13.2 Å². The first-order chi connectivity index (χ1) is 19.7. The molecule has 1 N–H and O–H groups in total. The standard InChI is InChI=1S/C31H26F3N3O4/c1-18-3-5-21(24(33)13-18)17-41-29-10-8-23(32)30(36-29)22-7-4-19(14-25(22)34)15-28-35-26-9-6-20(31(38)39)16-27(26)37(28)11-12-40-2/h3-10,13-14,16H,11-12,15,17H2,1-2H3,(H,38,39). The molecule has 0 saturated heterocycles. The van der Waals surface area contributed by atoms with E-state index in [4.69, 9.17) is 9.47 Å². The van der Waals surface area contributed by atoms with E-state index in [1.165, 1.54) is 30.3 Å². The largest absolute Gasteiger partial charge is 0.478 e. The zero-order valence-electron chi connectivity index (χ0n) is 22.3. The highest BCUT2D eigenvalue weighted by Gasteiger charge is 2.17. The molecule has 0 radical (unpaired) electrons. The number of benzene rings is 3. The van der Waals surface area contributed by atoms with E-state index in [0.29, 0.717) is 41.1 Å². The number of carboxylic acids is 1. The van der Waals surface area contributed by atoms with Crippen LogP contribution in [0.25, 0.3) is 22.3 Å². The smallest absolute Gasteiger partial charge is 0.335 e. The number of carbonyl (C=O) groups is 1. The maximum Gasteiger partial charge on any atom is 0.335 e. The summed E-state index contributed by atoms with van der Waals surface area (Å²) in [5, 5.41) is 9.39. The van der Waals surface area contributed by atoms with Gasteiger partial charge in [0.2, 0.25) is 5.88 Å². The number of aryl methyl sites for hydroxylation is 1. The van der Waals surface area contributed by atoms with Gasteiger partial charge in [0.25, 0.3) is 0 Å². The third kappa shape index (κ3) is 6.07. The second kappa shape index (κ2) is 11.8. The van der Waals surface area contributed by atoms with E-state index in [1.807, 2.05) is 4.57 Å². The van der Waals surface area contributed by atoms with E-state index in [9.17, 15) is 18.7 Å². The van der Waals surface area contributed by atoms with Crippen LogP contribution in [-0.2, 0) is 24.3 Å². The monoisotopic (exact) mass is 561 g/mol. The molecule has 5 rings (SSSR count). The molecule has 0 aliphatic rings. The number of hydrogen-bond acceptors (Lipinski definition) is 5. The summed E-state index contributed by atoms with van der Waals surface area (Å²) >= 11 is 0. The highest BCUT2D eigenvalue weighted by molar-refractivity contribution is 5.92. The fraction of sp³-hybridized carbons (Fsp3) is 0.194. The first kappa shape index (κ1) is 27.9. The van der Waals surface area contributed by atoms with Gasteiger partial charge in [-0.2, -0.15) is 0 Å². The molecule has 2 heterocycles. The second-order valence-electron chi connectivity index (χ2n) is 9.54. The van der Waals surface area contributed by atoms with Gasteiger partial charge in [0.15, 0.2) is 0 Å². The molecule has 0 aliphatic heterocycles. The number of nitrogens with zero attached hydrogens (tertiary/aromatic N) is 3. The summed E-state index contributed by atoms with van der Waals surface area (Å²) in [6.45, 7) is 2.43. The minimum atomic E-state index is -1.05. The quantitative estimate of drug-likeness (QED) is 0.214. The van der Waals surface area contributed by atoms with Crippen LogP contribution in [0.3, 0.4) is 0 Å². The van der Waals surface area contributed by atoms with Gasteiger partial charge in [0, 0.05) is 37.3 Å². The molecule has 0 saturated carbocycles. The number of hydrogen-bond donors (Lipinski definition) is 1. The zero-order chi connectivity index (χ0) is 29.1. The van der Waals surface area contributed by atoms with Crippen LogP contribution in [0.15, 0.2) is 66.7 Å². The predicted molar refractivity (Wildman–Crippen MR) is 146 cm³/mol. The zero-order valence-corrected chi connectivity index (χ0v) is 22.3. The maximum atomic E-state index is 15.3. The second-order valence-corrected chi connectivity index (χ2v) is 9.54. The van der Waals surface area contributed by atoms with Gasteiger partial charge in [-0.3, -0.25) is 0 Å². The topological polar surface area (TPSA) is 86.5 Å². The fourth-order valence-corrected chi connectivity index (χ4v) is 4.53. The number of aromatic carboxylic acids is 1. The molecule has 210 valence electrons. The number of pyridine rings is 1. The highest BCUT2D eigenvalue weighted by Crippen LogP contribution is 2.28. The van der Waals surface area contributed by atoms with Crippen molar-refractivity contribution in [2.45, 2.75) is 26.5 Å². The van der Waals surface area contributed by atoms with Crippen LogP contribution in [0.2, 0.25) is 0 Å². The Labute approximate surface area is 233 Å². The van der Waals surface area contributed by atoms with E-state index in [1.54, 1.807) is 44.4 Å². The summed E-state index contributed by atoms with van der Waals surface area (Å²) in [5.41, 5.74) is 2.72. The number of aromatic nitrogens is 3. The number of methoxy groups -OCH3 is 1. The lowest BCUT2D eigenvalue weighted by atomic mass is 10.0. The van der Waals surface area contributed by atoms with Gasteiger partial charge >= 0.3 is 5.97 Å². The Morgan fingerprint density at radius 1 is 0.927 bits per heavy atom. The lowest BCUT2D eigenvalue weighted by Crippen LogP contribution is -2.09. The van der Waals surface area contributed by atoms with Gasteiger partial charge in [0.1, 0.15) is 35.6 Å². The van der Waals surface area contributed by atoms with Crippen LogP contribution in [0.1, 0.15) is 32.9 Å². The van der Waals surface area contributed by atoms with Crippen molar-refractivity contribution in [2.75, 3.05) is 13.7 Å². The van der Waals surface area contributed by atoms with Crippen molar-refractivity contribution in [1.82, 2.24) is 14.5 Å². The molecule has 5 aromatic rings. The Bertz CT molecular complexity index is 1750. The normalized spacial score (nSPS) is 11.2. The van der Waals surface area contributed by atoms with Crippen LogP contribution < -0.4 is 4.74 Å². The molecule has 10 heteroatoms. The summed E-state index contributed by atoms with van der Waals surface area (Å²) < 4.78 is 56.8. The first-order valence-corrected chi connectivity index (χ1v) is 12.8. The van der Waals surface area contributed by atoms with Crippen LogP contribution in [0, 0.1) is 24.4 Å². The van der Waals surface area contributed by atoms with Gasteiger partial charge in [-0.15, -0.1) is 0 Å². The van der Waals surface area contributed by atoms with Gasteiger partial charge in [-0.25, -0.2) is 27.9 Å². The molecule has 3 aromatic carbocycles. The maximum absolute atomic E-state index is 15.3. The molecule has 7 nitrogen and oxygen atoms in total. The summed E-state index contributed by atoms with van der Waals surface area (Å²) in [5.74, 6) is -2.29. The molecule has 0 amide bonds. The van der Waals surface area contributed by atoms with Gasteiger partial charge < -0.3 is 19.1 Å². The van der Waals surface area contributed by atoms with E-state index >= 15 is 4.39 Å². The molecule has 0 spiro atoms. The number of rotatable bonds is 10. The summed E-state index contributed by atoms with van der Waals surface area (Å²) in [7, 11) is 1.56. The molecule has 0 atom stereocenters. The molecular formula is C31H26F3N3O4. The average Bonchev–Trinajstić information content (AvgIpc) is 3.28. The summed E-state index contributed by atoms with van der Waals surface area (Å²) in [6, 6.07) is 16.2. The number of halogens is 3. The number of carboxylic acid groups (broad SMARTS) is 1. The molecular weight excluding hydrogens is 535 g/mol. The van der Waals surface area contributed by atoms with E-state index in [2.05, 4.69) is 9.97 Å². The lowest BCUT2D eigenvalue weighted by Gasteiger charge is -2.11. The van der Waals surface area contributed by atoms with E-state index in [-0.39, 0.29) is 35.7 Å². The first-order valence-electron chi connectivity index (χ1n) is 12.8. The third-order valence-corrected chi connectivity index (χ3v) is 6.65. The molecule has 0 bridgehead atoms. The minimum absolute atomic E-state index is 0.0254. The third-order valence-electron chi connectivity index (χ3n) is 6.65. The fourth-order valence-electron chi connectivity index (χ4n) is 4.53. The predicted octanol–water partition coefficient (Wildman–Crippen LogP) is 6.34. The van der Waals surface area contributed by atoms with Crippen molar-refractivity contribution in [3.8, 4) is 17.1 Å². The lowest BCUT2D eigenvalue weighted by molar-refractivity contribution is 0.0697. The molecule has 0 unspecified atom stereocenters. The van der Waals surface area contributed by atoms with Crippen molar-refractivity contribution in [3.05, 3.63) is 112 Å². The van der Waals surface area contributed by atoms with Crippen LogP contribution in [0.5, 0.6) is 5.88 Å². The van der Waals surface area contributed by atoms with Crippen molar-refractivity contribution in [3.63, 3.8) is 0 Å². The summed E-state index contributed by atoms with van der Waals surface area (Å²) in [6.07, 6.45) is 0.235. The summed E-state index contributed by atoms with van der Waals surface area (Å²) in [4.78, 5) is 20.2. The van der Waals surface area contributed by atoms with Crippen LogP contribution >= 0.6 is 0 Å². The van der Waals surface area contributed by atoms with Crippen molar-refractivity contribution in [2.24, 2.45) is 0 Å². The Hall–Kier alpha value is -4.70. The molecule has 0 aliphatic carbocycles. The number of ether oxygens (including phenoxy) is 2. The Balaban J connectivity index is 1.40. The highest BCUT2D eigenvalue weighted by atomic mass is 19.1. The van der Waals surface area contributed by atoms with Gasteiger partial charge in [0.05, 0.1) is 23.2 Å². The SMILES string of the molecule is COCCn1c(Cc2ccc(-c3nc(OCc4ccc(C)cc4F)ccc3F)c(F)c2)nc2ccc(C(=O)O)cc21. The van der Waals surface area contributed by atoms with E-state index < -0.39 is 23.4 Å². The average molecular weight is 562 g/mol. The van der Waals surface area contributed by atoms with E-state index in [0.717, 1.165) is 11.6 Å². The Morgan fingerprint density at radius 2 is 1.76 bits per heavy atom.